The number of likely N-dealkylation sites (N-methyl/N-ethyl adjacent to an activating group) is 1. The van der Waals surface area contributed by atoms with Crippen molar-refractivity contribution in [3.05, 3.63) is 53.1 Å². The molecule has 32 heavy (non-hydrogen) atoms. The second kappa shape index (κ2) is 9.79. The molecule has 0 atom stereocenters. The summed E-state index contributed by atoms with van der Waals surface area (Å²) in [6, 6.07) is 12.7. The SMILES string of the molecule is CCN(CC(=O)Nc1ccc2c(c1)OCCO2)C(=O)C1(c2ccc(Cl)cc2)CCOCC1. The molecular weight excluding hydrogens is 432 g/mol. The average molecular weight is 459 g/mol. The van der Waals surface area contributed by atoms with Gasteiger partial charge in [0, 0.05) is 36.5 Å². The number of fused-ring (bicyclic) bond motifs is 1. The highest BCUT2D eigenvalue weighted by Crippen LogP contribution is 2.37. The van der Waals surface area contributed by atoms with Crippen molar-refractivity contribution in [3.8, 4) is 11.5 Å². The lowest BCUT2D eigenvalue weighted by Gasteiger charge is -2.39. The number of hydrogen-bond acceptors (Lipinski definition) is 5. The van der Waals surface area contributed by atoms with Gasteiger partial charge in [-0.2, -0.15) is 0 Å². The van der Waals surface area contributed by atoms with Crippen molar-refractivity contribution < 1.29 is 23.8 Å². The van der Waals surface area contributed by atoms with Crippen molar-refractivity contribution in [3.63, 3.8) is 0 Å². The van der Waals surface area contributed by atoms with Gasteiger partial charge in [0.15, 0.2) is 11.5 Å². The van der Waals surface area contributed by atoms with E-state index in [-0.39, 0.29) is 18.4 Å². The normalized spacial score (nSPS) is 16.8. The van der Waals surface area contributed by atoms with Crippen LogP contribution in [0, 0.1) is 0 Å². The van der Waals surface area contributed by atoms with Crippen LogP contribution in [0.15, 0.2) is 42.5 Å². The lowest BCUT2D eigenvalue weighted by atomic mass is 9.73. The molecule has 2 aromatic rings. The van der Waals surface area contributed by atoms with Crippen LogP contribution in [0.4, 0.5) is 5.69 Å². The summed E-state index contributed by atoms with van der Waals surface area (Å²) >= 11 is 6.07. The second-order valence-corrected chi connectivity index (χ2v) is 8.36. The van der Waals surface area contributed by atoms with Crippen molar-refractivity contribution in [2.45, 2.75) is 25.2 Å². The molecule has 0 radical (unpaired) electrons. The molecule has 0 aromatic heterocycles. The Hall–Kier alpha value is -2.77. The van der Waals surface area contributed by atoms with E-state index in [0.717, 1.165) is 5.56 Å². The second-order valence-electron chi connectivity index (χ2n) is 7.93. The number of halogens is 1. The standard InChI is InChI=1S/C24H27ClN2O5/c1-2-27(16-22(28)26-19-7-8-20-21(15-19)32-14-13-31-20)23(29)24(9-11-30-12-10-24)17-3-5-18(25)6-4-17/h3-8,15H,2,9-14,16H2,1H3,(H,26,28). The number of nitrogens with one attached hydrogen (secondary N) is 1. The van der Waals surface area contributed by atoms with E-state index in [4.69, 9.17) is 25.8 Å². The maximum absolute atomic E-state index is 13.7. The van der Waals surface area contributed by atoms with E-state index < -0.39 is 5.41 Å². The monoisotopic (exact) mass is 458 g/mol. The summed E-state index contributed by atoms with van der Waals surface area (Å²) in [6.45, 7) is 4.23. The molecule has 0 spiro atoms. The van der Waals surface area contributed by atoms with Gasteiger partial charge in [-0.25, -0.2) is 0 Å². The molecule has 1 saturated heterocycles. The molecular formula is C24H27ClN2O5. The minimum absolute atomic E-state index is 0.0417. The molecule has 1 fully saturated rings. The summed E-state index contributed by atoms with van der Waals surface area (Å²) in [6.07, 6.45) is 1.13. The van der Waals surface area contributed by atoms with Gasteiger partial charge in [0.2, 0.25) is 11.8 Å². The Kier molecular flexibility index (Phi) is 6.86. The Labute approximate surface area is 192 Å². The van der Waals surface area contributed by atoms with E-state index >= 15 is 0 Å². The number of carbonyl (C=O) groups excluding carboxylic acids is 2. The molecule has 7 nitrogen and oxygen atoms in total. The van der Waals surface area contributed by atoms with E-state index in [1.807, 2.05) is 19.1 Å². The molecule has 0 bridgehead atoms. The Bertz CT molecular complexity index is 973. The lowest BCUT2D eigenvalue weighted by Crippen LogP contribution is -2.51. The molecule has 2 aliphatic rings. The summed E-state index contributed by atoms with van der Waals surface area (Å²) in [5.74, 6) is 0.920. The Morgan fingerprint density at radius 1 is 1.00 bits per heavy atom. The fourth-order valence-corrected chi connectivity index (χ4v) is 4.37. The van der Waals surface area contributed by atoms with Crippen molar-refractivity contribution >= 4 is 29.1 Å². The maximum atomic E-state index is 13.7. The molecule has 8 heteroatoms. The lowest BCUT2D eigenvalue weighted by molar-refractivity contribution is -0.143. The topological polar surface area (TPSA) is 77.1 Å². The highest BCUT2D eigenvalue weighted by Gasteiger charge is 2.44. The summed E-state index contributed by atoms with van der Waals surface area (Å²) in [4.78, 5) is 28.1. The molecule has 1 N–H and O–H groups in total. The third-order valence-corrected chi connectivity index (χ3v) is 6.23. The number of nitrogens with zero attached hydrogens (tertiary/aromatic N) is 1. The average Bonchev–Trinajstić information content (AvgIpc) is 2.83. The Morgan fingerprint density at radius 2 is 1.69 bits per heavy atom. The fourth-order valence-electron chi connectivity index (χ4n) is 4.24. The molecule has 0 unspecified atom stereocenters. The largest absolute Gasteiger partial charge is 0.486 e. The first kappa shape index (κ1) is 22.4. The van der Waals surface area contributed by atoms with Crippen LogP contribution in [0.3, 0.4) is 0 Å². The van der Waals surface area contributed by atoms with Gasteiger partial charge in [-0.3, -0.25) is 9.59 Å². The molecule has 2 aliphatic heterocycles. The van der Waals surface area contributed by atoms with Gasteiger partial charge >= 0.3 is 0 Å². The summed E-state index contributed by atoms with van der Waals surface area (Å²) in [5.41, 5.74) is 0.776. The number of carbonyl (C=O) groups is 2. The number of hydrogen-bond donors (Lipinski definition) is 1. The van der Waals surface area contributed by atoms with Crippen LogP contribution < -0.4 is 14.8 Å². The van der Waals surface area contributed by atoms with Crippen LogP contribution in [-0.4, -0.2) is 56.2 Å². The summed E-state index contributed by atoms with van der Waals surface area (Å²) < 4.78 is 16.6. The number of amides is 2. The third-order valence-electron chi connectivity index (χ3n) is 5.98. The Balaban J connectivity index is 1.49. The minimum atomic E-state index is -0.726. The molecule has 0 saturated carbocycles. The zero-order chi connectivity index (χ0) is 22.6. The van der Waals surface area contributed by atoms with Crippen molar-refractivity contribution in [1.29, 1.82) is 0 Å². The first-order valence-electron chi connectivity index (χ1n) is 10.8. The molecule has 2 amide bonds. The van der Waals surface area contributed by atoms with E-state index in [9.17, 15) is 9.59 Å². The highest BCUT2D eigenvalue weighted by molar-refractivity contribution is 6.30. The van der Waals surface area contributed by atoms with Crippen LogP contribution in [0.2, 0.25) is 5.02 Å². The van der Waals surface area contributed by atoms with Gasteiger partial charge < -0.3 is 24.4 Å². The van der Waals surface area contributed by atoms with E-state index in [1.165, 1.54) is 0 Å². The van der Waals surface area contributed by atoms with Crippen molar-refractivity contribution in [1.82, 2.24) is 4.90 Å². The van der Waals surface area contributed by atoms with Crippen LogP contribution in [0.25, 0.3) is 0 Å². The van der Waals surface area contributed by atoms with E-state index in [0.29, 0.717) is 68.0 Å². The summed E-state index contributed by atoms with van der Waals surface area (Å²) in [5, 5.41) is 3.48. The first-order valence-corrected chi connectivity index (χ1v) is 11.2. The highest BCUT2D eigenvalue weighted by atomic mass is 35.5. The smallest absolute Gasteiger partial charge is 0.243 e. The third kappa shape index (κ3) is 4.69. The predicted molar refractivity (Wildman–Crippen MR) is 121 cm³/mol. The van der Waals surface area contributed by atoms with E-state index in [1.54, 1.807) is 35.2 Å². The van der Waals surface area contributed by atoms with Crippen LogP contribution >= 0.6 is 11.6 Å². The predicted octanol–water partition coefficient (Wildman–Crippen LogP) is 3.65. The van der Waals surface area contributed by atoms with Crippen LogP contribution in [-0.2, 0) is 19.7 Å². The fraction of sp³-hybridized carbons (Fsp3) is 0.417. The van der Waals surface area contributed by atoms with Crippen LogP contribution in [0.1, 0.15) is 25.3 Å². The molecule has 2 heterocycles. The van der Waals surface area contributed by atoms with Gasteiger partial charge in [0.05, 0.1) is 12.0 Å². The molecule has 0 aliphatic carbocycles. The number of benzene rings is 2. The minimum Gasteiger partial charge on any atom is -0.486 e. The van der Waals surface area contributed by atoms with Gasteiger partial charge in [0.25, 0.3) is 0 Å². The number of ether oxygens (including phenoxy) is 3. The quantitative estimate of drug-likeness (QED) is 0.715. The van der Waals surface area contributed by atoms with Gasteiger partial charge in [-0.05, 0) is 49.6 Å². The molecule has 4 rings (SSSR count). The van der Waals surface area contributed by atoms with E-state index in [2.05, 4.69) is 5.32 Å². The zero-order valence-corrected chi connectivity index (χ0v) is 18.8. The van der Waals surface area contributed by atoms with Gasteiger partial charge in [-0.1, -0.05) is 23.7 Å². The zero-order valence-electron chi connectivity index (χ0n) is 18.1. The maximum Gasteiger partial charge on any atom is 0.243 e. The van der Waals surface area contributed by atoms with Crippen molar-refractivity contribution in [2.24, 2.45) is 0 Å². The van der Waals surface area contributed by atoms with Crippen LogP contribution in [0.5, 0.6) is 11.5 Å². The van der Waals surface area contributed by atoms with Gasteiger partial charge in [0.1, 0.15) is 13.2 Å². The molecule has 170 valence electrons. The first-order chi connectivity index (χ1) is 15.5. The number of anilines is 1. The molecule has 2 aromatic carbocycles. The summed E-state index contributed by atoms with van der Waals surface area (Å²) in [7, 11) is 0. The Morgan fingerprint density at radius 3 is 2.38 bits per heavy atom. The number of rotatable bonds is 6. The van der Waals surface area contributed by atoms with Gasteiger partial charge in [-0.15, -0.1) is 0 Å². The van der Waals surface area contributed by atoms with Crippen molar-refractivity contribution in [2.75, 3.05) is 44.8 Å².